The van der Waals surface area contributed by atoms with Crippen molar-refractivity contribution in [2.45, 2.75) is 45.1 Å². The van der Waals surface area contributed by atoms with Crippen molar-refractivity contribution in [2.75, 3.05) is 11.2 Å². The van der Waals surface area contributed by atoms with E-state index in [-0.39, 0.29) is 17.4 Å². The van der Waals surface area contributed by atoms with E-state index >= 15 is 0 Å². The molecule has 0 aliphatic carbocycles. The van der Waals surface area contributed by atoms with Gasteiger partial charge in [0.1, 0.15) is 0 Å². The van der Waals surface area contributed by atoms with Crippen molar-refractivity contribution in [3.63, 3.8) is 0 Å². The highest BCUT2D eigenvalue weighted by atomic mass is 32.2. The fourth-order valence-corrected chi connectivity index (χ4v) is 2.77. The van der Waals surface area contributed by atoms with Crippen LogP contribution in [0.5, 0.6) is 0 Å². The summed E-state index contributed by atoms with van der Waals surface area (Å²) in [5.74, 6) is -1.74. The molecule has 7 nitrogen and oxygen atoms in total. The summed E-state index contributed by atoms with van der Waals surface area (Å²) < 4.78 is 66.1. The number of rotatable bonds is 7. The van der Waals surface area contributed by atoms with Crippen molar-refractivity contribution in [3.8, 4) is 0 Å². The largest absolute Gasteiger partial charge is 0.435 e. The fourth-order valence-electron chi connectivity index (χ4n) is 2.15. The molecule has 27 heavy (non-hydrogen) atoms. The number of nitrogens with one attached hydrogen (secondary N) is 1. The van der Waals surface area contributed by atoms with Crippen LogP contribution in [0.3, 0.4) is 0 Å². The Kier molecular flexibility index (Phi) is 6.44. The minimum atomic E-state index is -4.59. The molecule has 2 rings (SSSR count). The Hall–Kier alpha value is -2.18. The standard InChI is InChI=1S/C14H17F5N6OS/c1-4-27-13-21-20-11(10(15)16)25(13)23-12(26)7(2)6-24-8(3)5-9(22-24)14(17,18)19/h5,7,10H,4,6H2,1-3H3,(H,23,26)/t7-/m0/s1. The van der Waals surface area contributed by atoms with E-state index in [2.05, 4.69) is 20.7 Å². The van der Waals surface area contributed by atoms with Crippen molar-refractivity contribution >= 4 is 17.7 Å². The minimum Gasteiger partial charge on any atom is -0.273 e. The lowest BCUT2D eigenvalue weighted by Crippen LogP contribution is -2.32. The highest BCUT2D eigenvalue weighted by Crippen LogP contribution is 2.28. The van der Waals surface area contributed by atoms with Crippen LogP contribution in [-0.4, -0.2) is 36.3 Å². The number of halogens is 5. The molecule has 2 heterocycles. The van der Waals surface area contributed by atoms with Crippen LogP contribution in [0.15, 0.2) is 11.2 Å². The molecule has 1 atom stereocenters. The number of hydrogen-bond acceptors (Lipinski definition) is 5. The van der Waals surface area contributed by atoms with Gasteiger partial charge in [-0.1, -0.05) is 25.6 Å². The topological polar surface area (TPSA) is 77.6 Å². The number of aromatic nitrogens is 5. The zero-order valence-corrected chi connectivity index (χ0v) is 15.4. The van der Waals surface area contributed by atoms with Crippen molar-refractivity contribution in [1.82, 2.24) is 24.7 Å². The molecular weight excluding hydrogens is 395 g/mol. The van der Waals surface area contributed by atoms with Crippen LogP contribution >= 0.6 is 11.8 Å². The lowest BCUT2D eigenvalue weighted by molar-refractivity contribution is -0.141. The summed E-state index contributed by atoms with van der Waals surface area (Å²) in [5.41, 5.74) is 1.45. The molecule has 150 valence electrons. The number of amides is 1. The van der Waals surface area contributed by atoms with E-state index < -0.39 is 35.9 Å². The molecule has 1 amide bonds. The maximum atomic E-state index is 13.0. The Morgan fingerprint density at radius 3 is 2.52 bits per heavy atom. The number of aryl methyl sites for hydroxylation is 1. The molecule has 0 radical (unpaired) electrons. The van der Waals surface area contributed by atoms with Gasteiger partial charge in [-0.25, -0.2) is 13.5 Å². The molecule has 0 aliphatic heterocycles. The van der Waals surface area contributed by atoms with Gasteiger partial charge in [-0.05, 0) is 18.7 Å². The Bertz CT molecular complexity index is 803. The molecule has 0 bridgehead atoms. The summed E-state index contributed by atoms with van der Waals surface area (Å²) in [6, 6.07) is 0.870. The average Bonchev–Trinajstić information content (AvgIpc) is 3.12. The van der Waals surface area contributed by atoms with E-state index in [0.29, 0.717) is 5.75 Å². The summed E-state index contributed by atoms with van der Waals surface area (Å²) in [6.45, 7) is 4.49. The Labute approximate surface area is 155 Å². The van der Waals surface area contributed by atoms with Gasteiger partial charge in [0, 0.05) is 5.69 Å². The number of alkyl halides is 5. The SMILES string of the molecule is CCSc1nnc(C(F)F)n1NC(=O)[C@@H](C)Cn1nc(C(F)(F)F)cc1C. The second kappa shape index (κ2) is 8.23. The van der Waals surface area contributed by atoms with Gasteiger partial charge >= 0.3 is 6.18 Å². The first kappa shape index (κ1) is 21.1. The van der Waals surface area contributed by atoms with Crippen molar-refractivity contribution in [3.05, 3.63) is 23.3 Å². The van der Waals surface area contributed by atoms with E-state index in [1.807, 2.05) is 0 Å². The third-order valence-electron chi connectivity index (χ3n) is 3.52. The van der Waals surface area contributed by atoms with E-state index in [1.165, 1.54) is 13.8 Å². The molecule has 1 N–H and O–H groups in total. The van der Waals surface area contributed by atoms with Crippen molar-refractivity contribution in [2.24, 2.45) is 5.92 Å². The van der Waals surface area contributed by atoms with E-state index in [0.717, 1.165) is 27.2 Å². The van der Waals surface area contributed by atoms with Crippen LogP contribution in [0.1, 0.15) is 37.5 Å². The third-order valence-corrected chi connectivity index (χ3v) is 4.33. The lowest BCUT2D eigenvalue weighted by Gasteiger charge is -2.16. The Balaban J connectivity index is 2.15. The quantitative estimate of drug-likeness (QED) is 0.558. The molecule has 2 aromatic rings. The van der Waals surface area contributed by atoms with Crippen LogP contribution in [0.2, 0.25) is 0 Å². The normalized spacial score (nSPS) is 13.2. The molecule has 0 fully saturated rings. The molecule has 0 saturated carbocycles. The lowest BCUT2D eigenvalue weighted by atomic mass is 10.1. The molecule has 0 spiro atoms. The van der Waals surface area contributed by atoms with Crippen molar-refractivity contribution in [1.29, 1.82) is 0 Å². The first-order valence-electron chi connectivity index (χ1n) is 7.83. The van der Waals surface area contributed by atoms with Crippen LogP contribution in [0.4, 0.5) is 22.0 Å². The first-order valence-corrected chi connectivity index (χ1v) is 8.81. The molecule has 0 unspecified atom stereocenters. The smallest absolute Gasteiger partial charge is 0.273 e. The number of carbonyl (C=O) groups excluding carboxylic acids is 1. The van der Waals surface area contributed by atoms with Crippen LogP contribution in [0, 0.1) is 12.8 Å². The minimum absolute atomic E-state index is 0.0861. The summed E-state index contributed by atoms with van der Waals surface area (Å²) in [7, 11) is 0. The number of nitrogens with zero attached hydrogens (tertiary/aromatic N) is 5. The Morgan fingerprint density at radius 1 is 1.33 bits per heavy atom. The summed E-state index contributed by atoms with van der Waals surface area (Å²) in [4.78, 5) is 12.4. The van der Waals surface area contributed by atoms with Gasteiger partial charge in [0.05, 0.1) is 12.5 Å². The first-order chi connectivity index (χ1) is 12.5. The molecule has 0 aromatic carbocycles. The van der Waals surface area contributed by atoms with E-state index in [4.69, 9.17) is 0 Å². The van der Waals surface area contributed by atoms with Gasteiger partial charge in [-0.2, -0.15) is 18.3 Å². The van der Waals surface area contributed by atoms with Gasteiger partial charge < -0.3 is 0 Å². The third kappa shape index (κ3) is 4.96. The summed E-state index contributed by atoms with van der Waals surface area (Å²) in [6.07, 6.45) is -7.55. The van der Waals surface area contributed by atoms with Gasteiger partial charge in [0.2, 0.25) is 16.9 Å². The summed E-state index contributed by atoms with van der Waals surface area (Å²) >= 11 is 1.11. The Morgan fingerprint density at radius 2 is 2.00 bits per heavy atom. The number of hydrogen-bond donors (Lipinski definition) is 1. The zero-order chi connectivity index (χ0) is 20.4. The zero-order valence-electron chi connectivity index (χ0n) is 14.6. The second-order valence-electron chi connectivity index (χ2n) is 5.64. The molecule has 13 heteroatoms. The van der Waals surface area contributed by atoms with Gasteiger partial charge in [-0.3, -0.25) is 14.9 Å². The van der Waals surface area contributed by atoms with Crippen molar-refractivity contribution < 1.29 is 26.7 Å². The number of carbonyl (C=O) groups is 1. The highest BCUT2D eigenvalue weighted by molar-refractivity contribution is 7.99. The molecule has 0 aliphatic rings. The average molecular weight is 412 g/mol. The fraction of sp³-hybridized carbons (Fsp3) is 0.571. The monoisotopic (exact) mass is 412 g/mol. The van der Waals surface area contributed by atoms with E-state index in [1.54, 1.807) is 6.92 Å². The van der Waals surface area contributed by atoms with Crippen LogP contribution in [0.25, 0.3) is 0 Å². The van der Waals surface area contributed by atoms with E-state index in [9.17, 15) is 26.7 Å². The maximum Gasteiger partial charge on any atom is 0.435 e. The van der Waals surface area contributed by atoms with Gasteiger partial charge in [0.15, 0.2) is 5.69 Å². The van der Waals surface area contributed by atoms with Gasteiger partial charge in [0.25, 0.3) is 6.43 Å². The summed E-state index contributed by atoms with van der Waals surface area (Å²) in [5, 5.41) is 10.5. The predicted molar refractivity (Wildman–Crippen MR) is 86.9 cm³/mol. The molecule has 0 saturated heterocycles. The van der Waals surface area contributed by atoms with Gasteiger partial charge in [-0.15, -0.1) is 10.2 Å². The number of thioether (sulfide) groups is 1. The molecule has 2 aromatic heterocycles. The molecular formula is C14H17F5N6OS. The maximum absolute atomic E-state index is 13.0. The van der Waals surface area contributed by atoms with Crippen LogP contribution < -0.4 is 5.43 Å². The predicted octanol–water partition coefficient (Wildman–Crippen LogP) is 3.26. The second-order valence-corrected chi connectivity index (χ2v) is 6.87. The highest BCUT2D eigenvalue weighted by Gasteiger charge is 2.34. The van der Waals surface area contributed by atoms with Crippen LogP contribution in [-0.2, 0) is 17.5 Å².